The summed E-state index contributed by atoms with van der Waals surface area (Å²) in [6.07, 6.45) is 0. The Morgan fingerprint density at radius 2 is 2.04 bits per heavy atom. The van der Waals surface area contributed by atoms with Gasteiger partial charge in [-0.2, -0.15) is 5.26 Å². The van der Waals surface area contributed by atoms with E-state index in [4.69, 9.17) is 9.68 Å². The molecule has 8 heteroatoms. The van der Waals surface area contributed by atoms with E-state index in [1.54, 1.807) is 11.4 Å². The quantitative estimate of drug-likeness (QED) is 0.759. The van der Waals surface area contributed by atoms with E-state index in [0.717, 1.165) is 36.7 Å². The normalized spacial score (nSPS) is 15.0. The molecule has 0 atom stereocenters. The molecule has 0 spiro atoms. The van der Waals surface area contributed by atoms with Gasteiger partial charge in [0, 0.05) is 42.9 Å². The second-order valence-electron chi connectivity index (χ2n) is 6.19. The summed E-state index contributed by atoms with van der Waals surface area (Å²) < 4.78 is 5.68. The van der Waals surface area contributed by atoms with Crippen LogP contribution in [-0.4, -0.2) is 48.3 Å². The Kier molecular flexibility index (Phi) is 4.56. The zero-order valence-electron chi connectivity index (χ0n) is 14.3. The van der Waals surface area contributed by atoms with E-state index < -0.39 is 0 Å². The van der Waals surface area contributed by atoms with Crippen LogP contribution in [-0.2, 0) is 0 Å². The van der Waals surface area contributed by atoms with Crippen LogP contribution in [0.5, 0.6) is 0 Å². The highest BCUT2D eigenvalue weighted by molar-refractivity contribution is 7.13. The van der Waals surface area contributed by atoms with Crippen molar-refractivity contribution in [1.29, 1.82) is 5.26 Å². The molecule has 0 amide bonds. The van der Waals surface area contributed by atoms with Gasteiger partial charge in [-0.25, -0.2) is 0 Å². The highest BCUT2D eigenvalue weighted by Crippen LogP contribution is 2.28. The minimum absolute atomic E-state index is 0.336. The molecule has 0 unspecified atom stereocenters. The second-order valence-corrected chi connectivity index (χ2v) is 7.10. The SMILES string of the molecule is CN1CCN(c2cccc(Nc3nnc(-c4cc(C#N)cs4)o3)c2)CC1. The van der Waals surface area contributed by atoms with E-state index in [2.05, 4.69) is 50.6 Å². The zero-order valence-corrected chi connectivity index (χ0v) is 15.2. The predicted octanol–water partition coefficient (Wildman–Crippen LogP) is 3.17. The summed E-state index contributed by atoms with van der Waals surface area (Å²) in [5, 5.41) is 22.0. The zero-order chi connectivity index (χ0) is 17.9. The van der Waals surface area contributed by atoms with Crippen molar-refractivity contribution in [2.75, 3.05) is 43.4 Å². The maximum Gasteiger partial charge on any atom is 0.320 e. The monoisotopic (exact) mass is 366 g/mol. The van der Waals surface area contributed by atoms with Gasteiger partial charge >= 0.3 is 6.01 Å². The van der Waals surface area contributed by atoms with Crippen LogP contribution in [0.4, 0.5) is 17.4 Å². The molecule has 3 heterocycles. The van der Waals surface area contributed by atoms with Crippen molar-refractivity contribution in [3.8, 4) is 16.8 Å². The van der Waals surface area contributed by atoms with Gasteiger partial charge in [-0.05, 0) is 31.3 Å². The van der Waals surface area contributed by atoms with Crippen LogP contribution in [0.2, 0.25) is 0 Å². The summed E-state index contributed by atoms with van der Waals surface area (Å²) in [5.74, 6) is 0.411. The average Bonchev–Trinajstić information content (AvgIpc) is 3.31. The van der Waals surface area contributed by atoms with Crippen LogP contribution >= 0.6 is 11.3 Å². The number of benzene rings is 1. The Morgan fingerprint density at radius 1 is 1.19 bits per heavy atom. The lowest BCUT2D eigenvalue weighted by Crippen LogP contribution is -2.44. The number of rotatable bonds is 4. The smallest absolute Gasteiger partial charge is 0.320 e. The summed E-state index contributed by atoms with van der Waals surface area (Å²) >= 11 is 1.41. The summed E-state index contributed by atoms with van der Waals surface area (Å²) in [5.41, 5.74) is 2.68. The predicted molar refractivity (Wildman–Crippen MR) is 102 cm³/mol. The van der Waals surface area contributed by atoms with Crippen molar-refractivity contribution in [3.63, 3.8) is 0 Å². The van der Waals surface area contributed by atoms with E-state index >= 15 is 0 Å². The number of nitriles is 1. The highest BCUT2D eigenvalue weighted by atomic mass is 32.1. The van der Waals surface area contributed by atoms with Gasteiger partial charge in [0.1, 0.15) is 6.07 Å². The molecule has 1 N–H and O–H groups in total. The van der Waals surface area contributed by atoms with Crippen molar-refractivity contribution in [2.45, 2.75) is 0 Å². The Hall–Kier alpha value is -2.89. The number of thiophene rings is 1. The number of nitrogens with one attached hydrogen (secondary N) is 1. The molecule has 4 rings (SSSR count). The molecule has 1 aromatic carbocycles. The highest BCUT2D eigenvalue weighted by Gasteiger charge is 2.15. The summed E-state index contributed by atoms with van der Waals surface area (Å²) in [7, 11) is 2.15. The number of nitrogens with zero attached hydrogens (tertiary/aromatic N) is 5. The molecule has 0 radical (unpaired) electrons. The Balaban J connectivity index is 1.48. The van der Waals surface area contributed by atoms with Crippen molar-refractivity contribution >= 4 is 28.7 Å². The number of likely N-dealkylation sites (N-methyl/N-ethyl adjacent to an activating group) is 1. The van der Waals surface area contributed by atoms with Gasteiger partial charge in [0.2, 0.25) is 0 Å². The summed E-state index contributed by atoms with van der Waals surface area (Å²) in [4.78, 5) is 5.49. The minimum Gasteiger partial charge on any atom is -0.402 e. The fraction of sp³-hybridized carbons (Fsp3) is 0.278. The Labute approximate surface area is 155 Å². The number of hydrogen-bond donors (Lipinski definition) is 1. The molecule has 0 saturated carbocycles. The van der Waals surface area contributed by atoms with Crippen LogP contribution in [0.3, 0.4) is 0 Å². The van der Waals surface area contributed by atoms with E-state index in [9.17, 15) is 0 Å². The van der Waals surface area contributed by atoms with Gasteiger partial charge in [0.05, 0.1) is 10.4 Å². The van der Waals surface area contributed by atoms with Crippen molar-refractivity contribution in [1.82, 2.24) is 15.1 Å². The molecular weight excluding hydrogens is 348 g/mol. The first-order valence-electron chi connectivity index (χ1n) is 8.34. The standard InChI is InChI=1S/C18H18N6OS/c1-23-5-7-24(8-6-23)15-4-2-3-14(10-15)20-18-22-21-17(25-18)16-9-13(11-19)12-26-16/h2-4,9-10,12H,5-8H2,1H3,(H,20,22). The third-order valence-electron chi connectivity index (χ3n) is 4.33. The number of anilines is 3. The molecule has 1 fully saturated rings. The van der Waals surface area contributed by atoms with E-state index in [1.165, 1.54) is 17.0 Å². The second kappa shape index (κ2) is 7.15. The molecule has 3 aromatic rings. The van der Waals surface area contributed by atoms with Crippen molar-refractivity contribution < 1.29 is 4.42 Å². The third kappa shape index (κ3) is 3.54. The number of aromatic nitrogens is 2. The van der Waals surface area contributed by atoms with Crippen LogP contribution < -0.4 is 10.2 Å². The Morgan fingerprint density at radius 3 is 2.81 bits per heavy atom. The first-order valence-corrected chi connectivity index (χ1v) is 9.22. The van der Waals surface area contributed by atoms with Crippen molar-refractivity contribution in [2.24, 2.45) is 0 Å². The number of hydrogen-bond acceptors (Lipinski definition) is 8. The molecule has 1 aliphatic heterocycles. The first-order chi connectivity index (χ1) is 12.7. The van der Waals surface area contributed by atoms with Gasteiger partial charge in [-0.3, -0.25) is 0 Å². The maximum absolute atomic E-state index is 8.92. The Bertz CT molecular complexity index is 935. The van der Waals surface area contributed by atoms with Crippen molar-refractivity contribution in [3.05, 3.63) is 41.3 Å². The lowest BCUT2D eigenvalue weighted by Gasteiger charge is -2.34. The van der Waals surface area contributed by atoms with E-state index in [-0.39, 0.29) is 0 Å². The largest absolute Gasteiger partial charge is 0.402 e. The minimum atomic E-state index is 0.336. The van der Waals surface area contributed by atoms with Crippen LogP contribution in [0.1, 0.15) is 5.56 Å². The van der Waals surface area contributed by atoms with E-state index in [0.29, 0.717) is 17.5 Å². The fourth-order valence-corrected chi connectivity index (χ4v) is 3.60. The molecule has 0 bridgehead atoms. The van der Waals surface area contributed by atoms with Crippen LogP contribution in [0.25, 0.3) is 10.8 Å². The fourth-order valence-electron chi connectivity index (χ4n) is 2.85. The molecule has 2 aromatic heterocycles. The first kappa shape index (κ1) is 16.6. The van der Waals surface area contributed by atoms with Crippen LogP contribution in [0, 0.1) is 11.3 Å². The molecule has 0 aliphatic carbocycles. The molecular formula is C18H18N6OS. The average molecular weight is 366 g/mol. The summed E-state index contributed by atoms with van der Waals surface area (Å²) in [6.45, 7) is 4.17. The molecule has 7 nitrogen and oxygen atoms in total. The third-order valence-corrected chi connectivity index (χ3v) is 5.25. The maximum atomic E-state index is 8.92. The van der Waals surface area contributed by atoms with Gasteiger partial charge in [-0.15, -0.1) is 16.4 Å². The van der Waals surface area contributed by atoms with Gasteiger partial charge in [0.25, 0.3) is 5.89 Å². The summed E-state index contributed by atoms with van der Waals surface area (Å²) in [6, 6.07) is 12.4. The molecule has 1 saturated heterocycles. The van der Waals surface area contributed by atoms with Gasteiger partial charge in [0.15, 0.2) is 0 Å². The molecule has 132 valence electrons. The van der Waals surface area contributed by atoms with Gasteiger partial charge < -0.3 is 19.5 Å². The molecule has 1 aliphatic rings. The number of piperazine rings is 1. The topological polar surface area (TPSA) is 81.2 Å². The van der Waals surface area contributed by atoms with Gasteiger partial charge in [-0.1, -0.05) is 11.2 Å². The van der Waals surface area contributed by atoms with Crippen LogP contribution in [0.15, 0.2) is 40.1 Å². The van der Waals surface area contributed by atoms with E-state index in [1.807, 2.05) is 12.1 Å². The lowest BCUT2D eigenvalue weighted by atomic mass is 10.2. The lowest BCUT2D eigenvalue weighted by molar-refractivity contribution is 0.313. The molecule has 26 heavy (non-hydrogen) atoms.